The zero-order chi connectivity index (χ0) is 11.3. The third-order valence-electron chi connectivity index (χ3n) is 1.67. The second-order valence-electron chi connectivity index (χ2n) is 2.90. The molecule has 2 rings (SSSR count). The van der Waals surface area contributed by atoms with Gasteiger partial charge in [-0.15, -0.1) is 0 Å². The highest BCUT2D eigenvalue weighted by Crippen LogP contribution is 1.87. The molecule has 0 aromatic heterocycles. The Bertz CT molecular complexity index is 264. The molecule has 15 heavy (non-hydrogen) atoms. The van der Waals surface area contributed by atoms with E-state index in [-0.39, 0.29) is 5.91 Å². The molecule has 0 aromatic carbocycles. The highest BCUT2D eigenvalue weighted by molar-refractivity contribution is 6.35. The number of hydrogen-bond donors (Lipinski definition) is 4. The number of nitrogens with two attached hydrogens (primary N) is 1. The molecule has 0 unspecified atom stereocenters. The van der Waals surface area contributed by atoms with Gasteiger partial charge in [-0.3, -0.25) is 19.2 Å². The van der Waals surface area contributed by atoms with Gasteiger partial charge in [0.05, 0.1) is 6.61 Å². The van der Waals surface area contributed by atoms with Gasteiger partial charge in [0.2, 0.25) is 0 Å². The van der Waals surface area contributed by atoms with Gasteiger partial charge in [0.25, 0.3) is 5.91 Å². The van der Waals surface area contributed by atoms with Crippen LogP contribution < -0.4 is 21.8 Å². The third kappa shape index (κ3) is 3.52. The molecule has 84 valence electrons. The molecule has 0 saturated carbocycles. The molecule has 0 radical (unpaired) electrons. The zero-order valence-corrected chi connectivity index (χ0v) is 7.91. The summed E-state index contributed by atoms with van der Waals surface area (Å²) in [5.41, 5.74) is 7.25. The maximum absolute atomic E-state index is 10.3. The van der Waals surface area contributed by atoms with Gasteiger partial charge in [-0.1, -0.05) is 0 Å². The standard InChI is InChI=1S/C4H6N2O2.C3H6N2O2/c7-3-4(8)6-2-1-5-3;4-2-1-7-5-3(2)6/h1-2H2,(H,5,7)(H,6,8);2H,1,4H2,(H,5,6)/t;2-/m.1/s1. The Morgan fingerprint density at radius 2 is 1.67 bits per heavy atom. The number of hydroxylamine groups is 1. The molecular weight excluding hydrogens is 204 g/mol. The van der Waals surface area contributed by atoms with E-state index in [0.717, 1.165) is 0 Å². The summed E-state index contributed by atoms with van der Waals surface area (Å²) in [6.45, 7) is 1.38. The molecule has 8 heteroatoms. The number of carbonyl (C=O) groups is 3. The van der Waals surface area contributed by atoms with Crippen molar-refractivity contribution in [3.63, 3.8) is 0 Å². The Labute approximate surface area is 85.5 Å². The molecule has 1 atom stereocenters. The molecule has 0 spiro atoms. The summed E-state index contributed by atoms with van der Waals surface area (Å²) in [5, 5.41) is 4.76. The molecule has 2 heterocycles. The first-order chi connectivity index (χ1) is 7.11. The summed E-state index contributed by atoms with van der Waals surface area (Å²) in [6, 6.07) is -0.458. The van der Waals surface area contributed by atoms with E-state index in [1.807, 2.05) is 0 Å². The van der Waals surface area contributed by atoms with E-state index in [9.17, 15) is 14.4 Å². The molecular formula is C7H12N4O4. The van der Waals surface area contributed by atoms with Crippen molar-refractivity contribution in [1.82, 2.24) is 16.1 Å². The summed E-state index contributed by atoms with van der Waals surface area (Å²) < 4.78 is 0. The molecule has 0 bridgehead atoms. The predicted octanol–water partition coefficient (Wildman–Crippen LogP) is -3.39. The monoisotopic (exact) mass is 216 g/mol. The van der Waals surface area contributed by atoms with E-state index in [1.165, 1.54) is 0 Å². The molecule has 3 amide bonds. The second kappa shape index (κ2) is 5.27. The van der Waals surface area contributed by atoms with Gasteiger partial charge >= 0.3 is 11.8 Å². The molecule has 8 nitrogen and oxygen atoms in total. The lowest BCUT2D eigenvalue weighted by Gasteiger charge is -2.10. The van der Waals surface area contributed by atoms with Crippen LogP contribution in [0.15, 0.2) is 0 Å². The molecule has 2 saturated heterocycles. The quantitative estimate of drug-likeness (QED) is 0.314. The van der Waals surface area contributed by atoms with Crippen molar-refractivity contribution in [3.8, 4) is 0 Å². The summed E-state index contributed by atoms with van der Waals surface area (Å²) in [7, 11) is 0. The Balaban J connectivity index is 0.000000151. The van der Waals surface area contributed by atoms with Crippen LogP contribution in [0.25, 0.3) is 0 Å². The van der Waals surface area contributed by atoms with E-state index in [4.69, 9.17) is 5.73 Å². The average molecular weight is 216 g/mol. The number of rotatable bonds is 0. The molecule has 2 aliphatic heterocycles. The van der Waals surface area contributed by atoms with Crippen LogP contribution in [0.5, 0.6) is 0 Å². The van der Waals surface area contributed by atoms with Crippen molar-refractivity contribution in [2.45, 2.75) is 6.04 Å². The SMILES string of the molecule is N[C@@H]1CONC1=O.O=C1NCCNC1=O. The van der Waals surface area contributed by atoms with Crippen LogP contribution >= 0.6 is 0 Å². The van der Waals surface area contributed by atoms with E-state index in [2.05, 4.69) is 21.0 Å². The summed E-state index contributed by atoms with van der Waals surface area (Å²) in [5.74, 6) is -1.30. The van der Waals surface area contributed by atoms with Gasteiger partial charge in [-0.25, -0.2) is 5.48 Å². The van der Waals surface area contributed by atoms with E-state index in [0.29, 0.717) is 19.7 Å². The minimum absolute atomic E-state index is 0.236. The van der Waals surface area contributed by atoms with Crippen molar-refractivity contribution in [1.29, 1.82) is 0 Å². The lowest BCUT2D eigenvalue weighted by Crippen LogP contribution is -2.49. The average Bonchev–Trinajstić information content (AvgIpc) is 2.57. The molecule has 2 fully saturated rings. The van der Waals surface area contributed by atoms with E-state index < -0.39 is 17.9 Å². The van der Waals surface area contributed by atoms with Crippen LogP contribution in [-0.4, -0.2) is 43.5 Å². The Kier molecular flexibility index (Phi) is 4.01. The lowest BCUT2D eigenvalue weighted by atomic mass is 10.3. The van der Waals surface area contributed by atoms with Crippen molar-refractivity contribution < 1.29 is 19.2 Å². The van der Waals surface area contributed by atoms with Crippen molar-refractivity contribution in [2.24, 2.45) is 5.73 Å². The molecule has 5 N–H and O–H groups in total. The lowest BCUT2D eigenvalue weighted by molar-refractivity contribution is -0.140. The third-order valence-corrected chi connectivity index (χ3v) is 1.67. The van der Waals surface area contributed by atoms with Gasteiger partial charge < -0.3 is 16.4 Å². The first-order valence-electron chi connectivity index (χ1n) is 4.34. The maximum Gasteiger partial charge on any atom is 0.309 e. The second-order valence-corrected chi connectivity index (χ2v) is 2.90. The van der Waals surface area contributed by atoms with Gasteiger partial charge in [-0.2, -0.15) is 0 Å². The van der Waals surface area contributed by atoms with Gasteiger partial charge in [0.15, 0.2) is 0 Å². The fourth-order valence-corrected chi connectivity index (χ4v) is 0.867. The first-order valence-corrected chi connectivity index (χ1v) is 4.34. The fraction of sp³-hybridized carbons (Fsp3) is 0.571. The predicted molar refractivity (Wildman–Crippen MR) is 48.1 cm³/mol. The zero-order valence-electron chi connectivity index (χ0n) is 7.91. The fourth-order valence-electron chi connectivity index (χ4n) is 0.867. The highest BCUT2D eigenvalue weighted by Gasteiger charge is 2.19. The summed E-state index contributed by atoms with van der Waals surface area (Å²) in [4.78, 5) is 35.2. The van der Waals surface area contributed by atoms with Crippen LogP contribution in [0.1, 0.15) is 0 Å². The largest absolute Gasteiger partial charge is 0.346 e. The van der Waals surface area contributed by atoms with Crippen LogP contribution in [0.3, 0.4) is 0 Å². The summed E-state index contributed by atoms with van der Waals surface area (Å²) >= 11 is 0. The number of carbonyl (C=O) groups excluding carboxylic acids is 3. The number of nitrogens with one attached hydrogen (secondary N) is 3. The first kappa shape index (κ1) is 11.4. The number of piperazine rings is 1. The normalized spacial score (nSPS) is 24.6. The van der Waals surface area contributed by atoms with Crippen LogP contribution in [-0.2, 0) is 19.2 Å². The smallest absolute Gasteiger partial charge is 0.309 e. The van der Waals surface area contributed by atoms with Gasteiger partial charge in [0, 0.05) is 13.1 Å². The van der Waals surface area contributed by atoms with Crippen molar-refractivity contribution in [2.75, 3.05) is 19.7 Å². The minimum Gasteiger partial charge on any atom is -0.346 e. The molecule has 0 aromatic rings. The number of hydrogen-bond acceptors (Lipinski definition) is 5. The van der Waals surface area contributed by atoms with Crippen LogP contribution in [0.2, 0.25) is 0 Å². The van der Waals surface area contributed by atoms with Gasteiger partial charge in [-0.05, 0) is 0 Å². The van der Waals surface area contributed by atoms with Crippen LogP contribution in [0.4, 0.5) is 0 Å². The molecule has 0 aliphatic carbocycles. The molecule has 2 aliphatic rings. The van der Waals surface area contributed by atoms with Crippen molar-refractivity contribution in [3.05, 3.63) is 0 Å². The highest BCUT2D eigenvalue weighted by atomic mass is 16.7. The minimum atomic E-state index is -0.531. The Morgan fingerprint density at radius 1 is 1.13 bits per heavy atom. The topological polar surface area (TPSA) is 123 Å². The number of amides is 3. The van der Waals surface area contributed by atoms with E-state index >= 15 is 0 Å². The van der Waals surface area contributed by atoms with Gasteiger partial charge in [0.1, 0.15) is 6.04 Å². The Morgan fingerprint density at radius 3 is 1.87 bits per heavy atom. The maximum atomic E-state index is 10.3. The van der Waals surface area contributed by atoms with E-state index in [1.54, 1.807) is 0 Å². The van der Waals surface area contributed by atoms with Crippen molar-refractivity contribution >= 4 is 17.7 Å². The Hall–Kier alpha value is -1.67. The van der Waals surface area contributed by atoms with Crippen LogP contribution in [0, 0.1) is 0 Å². The summed E-state index contributed by atoms with van der Waals surface area (Å²) in [6.07, 6.45) is 0.